The van der Waals surface area contributed by atoms with Crippen LogP contribution in [-0.2, 0) is 11.3 Å². The van der Waals surface area contributed by atoms with Gasteiger partial charge >= 0.3 is 5.97 Å². The smallest absolute Gasteiger partial charge is 0.355 e. The van der Waals surface area contributed by atoms with Gasteiger partial charge in [-0.05, 0) is 19.2 Å². The number of likely N-dealkylation sites (N-methyl/N-ethyl adjacent to an activating group) is 1. The number of nitrogens with zero attached hydrogens (tertiary/aromatic N) is 4. The van der Waals surface area contributed by atoms with Crippen molar-refractivity contribution in [2.24, 2.45) is 0 Å². The van der Waals surface area contributed by atoms with Crippen LogP contribution in [-0.4, -0.2) is 65.5 Å². The van der Waals surface area contributed by atoms with Gasteiger partial charge in [-0.2, -0.15) is 0 Å². The van der Waals surface area contributed by atoms with Crippen LogP contribution >= 0.6 is 0 Å². The van der Waals surface area contributed by atoms with Crippen LogP contribution in [0.1, 0.15) is 16.2 Å². The van der Waals surface area contributed by atoms with Crippen molar-refractivity contribution in [3.05, 3.63) is 35.8 Å². The van der Waals surface area contributed by atoms with E-state index < -0.39 is 0 Å². The van der Waals surface area contributed by atoms with E-state index >= 15 is 0 Å². The maximum absolute atomic E-state index is 11.8. The maximum Gasteiger partial charge on any atom is 0.355 e. The van der Waals surface area contributed by atoms with Crippen molar-refractivity contribution in [2.45, 2.75) is 6.54 Å². The van der Waals surface area contributed by atoms with Crippen molar-refractivity contribution in [3.8, 4) is 0 Å². The Morgan fingerprint density at radius 1 is 1.29 bits per heavy atom. The molecule has 2 aromatic heterocycles. The van der Waals surface area contributed by atoms with Gasteiger partial charge in [0.2, 0.25) is 0 Å². The molecule has 1 aliphatic heterocycles. The molecule has 0 unspecified atom stereocenters. The molecule has 6 heteroatoms. The van der Waals surface area contributed by atoms with Gasteiger partial charge in [-0.25, -0.2) is 9.78 Å². The van der Waals surface area contributed by atoms with Gasteiger partial charge in [-0.15, -0.1) is 0 Å². The number of imidazole rings is 1. The van der Waals surface area contributed by atoms with Gasteiger partial charge in [0, 0.05) is 38.9 Å². The quantitative estimate of drug-likeness (QED) is 0.784. The predicted molar refractivity (Wildman–Crippen MR) is 79.3 cm³/mol. The molecule has 0 radical (unpaired) electrons. The first-order valence-corrected chi connectivity index (χ1v) is 7.13. The molecule has 6 nitrogen and oxygen atoms in total. The number of fused-ring (bicyclic) bond motifs is 1. The summed E-state index contributed by atoms with van der Waals surface area (Å²) in [5.41, 5.74) is 2.27. The maximum atomic E-state index is 11.8. The molecule has 3 rings (SSSR count). The van der Waals surface area contributed by atoms with Gasteiger partial charge in [0.05, 0.1) is 12.8 Å². The third-order valence-electron chi connectivity index (χ3n) is 3.92. The van der Waals surface area contributed by atoms with E-state index in [9.17, 15) is 4.79 Å². The Bertz CT molecular complexity index is 644. The fourth-order valence-corrected chi connectivity index (χ4v) is 2.64. The summed E-state index contributed by atoms with van der Waals surface area (Å²) in [6.07, 6.45) is 1.93. The highest BCUT2D eigenvalue weighted by atomic mass is 16.5. The van der Waals surface area contributed by atoms with E-state index in [2.05, 4.69) is 21.8 Å². The molecule has 1 aliphatic rings. The molecule has 0 bridgehead atoms. The topological polar surface area (TPSA) is 50.1 Å². The molecule has 112 valence electrons. The first-order chi connectivity index (χ1) is 10.2. The van der Waals surface area contributed by atoms with E-state index in [1.807, 2.05) is 18.3 Å². The molecule has 1 saturated heterocycles. The third-order valence-corrected chi connectivity index (χ3v) is 3.92. The summed E-state index contributed by atoms with van der Waals surface area (Å²) in [6.45, 7) is 5.08. The summed E-state index contributed by atoms with van der Waals surface area (Å²) in [7, 11) is 3.54. The van der Waals surface area contributed by atoms with E-state index in [-0.39, 0.29) is 5.97 Å². The van der Waals surface area contributed by atoms with Crippen molar-refractivity contribution in [3.63, 3.8) is 0 Å². The summed E-state index contributed by atoms with van der Waals surface area (Å²) in [5.74, 6) is -0.343. The van der Waals surface area contributed by atoms with Crippen LogP contribution in [0.5, 0.6) is 0 Å². The number of rotatable bonds is 3. The molecule has 2 aromatic rings. The second kappa shape index (κ2) is 5.83. The van der Waals surface area contributed by atoms with Gasteiger partial charge in [0.1, 0.15) is 11.3 Å². The Morgan fingerprint density at radius 3 is 2.76 bits per heavy atom. The molecule has 0 saturated carbocycles. The number of aromatic nitrogens is 2. The minimum absolute atomic E-state index is 0.343. The zero-order valence-electron chi connectivity index (χ0n) is 12.5. The Kier molecular flexibility index (Phi) is 3.90. The van der Waals surface area contributed by atoms with E-state index in [4.69, 9.17) is 4.74 Å². The van der Waals surface area contributed by atoms with Crippen LogP contribution in [0.2, 0.25) is 0 Å². The molecule has 0 aromatic carbocycles. The van der Waals surface area contributed by atoms with Gasteiger partial charge < -0.3 is 9.64 Å². The summed E-state index contributed by atoms with van der Waals surface area (Å²) in [4.78, 5) is 21.1. The van der Waals surface area contributed by atoms with Crippen molar-refractivity contribution in [1.29, 1.82) is 0 Å². The summed E-state index contributed by atoms with van der Waals surface area (Å²) >= 11 is 0. The Morgan fingerprint density at radius 2 is 2.05 bits per heavy atom. The number of carbonyl (C=O) groups is 1. The number of methoxy groups -OCH3 is 1. The minimum Gasteiger partial charge on any atom is -0.464 e. The standard InChI is InChI=1S/C15H20N4O2/c1-17-6-8-18(9-7-17)10-12-11-19-13(15(20)21-2)4-3-5-14(19)16-12/h3-5,11H,6-10H2,1-2H3. The monoisotopic (exact) mass is 288 g/mol. The van der Waals surface area contributed by atoms with E-state index in [1.165, 1.54) is 7.11 Å². The van der Waals surface area contributed by atoms with Crippen molar-refractivity contribution in [1.82, 2.24) is 19.2 Å². The first-order valence-electron chi connectivity index (χ1n) is 7.13. The van der Waals surface area contributed by atoms with Gasteiger partial charge in [-0.1, -0.05) is 6.07 Å². The van der Waals surface area contributed by atoms with Crippen LogP contribution in [0.3, 0.4) is 0 Å². The number of ether oxygens (including phenoxy) is 1. The first kappa shape index (κ1) is 14.0. The second-order valence-corrected chi connectivity index (χ2v) is 5.44. The second-order valence-electron chi connectivity index (χ2n) is 5.44. The summed E-state index contributed by atoms with van der Waals surface area (Å²) < 4.78 is 6.61. The fraction of sp³-hybridized carbons (Fsp3) is 0.467. The van der Waals surface area contributed by atoms with Crippen molar-refractivity contribution in [2.75, 3.05) is 40.3 Å². The highest BCUT2D eigenvalue weighted by Gasteiger charge is 2.16. The van der Waals surface area contributed by atoms with Gasteiger partial charge in [-0.3, -0.25) is 9.30 Å². The Balaban J connectivity index is 1.82. The molecular weight excluding hydrogens is 268 g/mol. The number of piperazine rings is 1. The van der Waals surface area contributed by atoms with E-state index in [0.717, 1.165) is 44.1 Å². The third kappa shape index (κ3) is 2.91. The highest BCUT2D eigenvalue weighted by molar-refractivity contribution is 5.88. The normalized spacial score (nSPS) is 17.2. The summed E-state index contributed by atoms with van der Waals surface area (Å²) in [6, 6.07) is 5.48. The minimum atomic E-state index is -0.343. The van der Waals surface area contributed by atoms with E-state index in [0.29, 0.717) is 5.69 Å². The van der Waals surface area contributed by atoms with Crippen LogP contribution in [0.25, 0.3) is 5.65 Å². The lowest BCUT2D eigenvalue weighted by molar-refractivity contribution is 0.0592. The van der Waals surface area contributed by atoms with Crippen LogP contribution in [0.4, 0.5) is 0 Å². The van der Waals surface area contributed by atoms with E-state index in [1.54, 1.807) is 10.5 Å². The lowest BCUT2D eigenvalue weighted by Crippen LogP contribution is -2.43. The predicted octanol–water partition coefficient (Wildman–Crippen LogP) is 0.868. The molecular formula is C15H20N4O2. The fourth-order valence-electron chi connectivity index (χ4n) is 2.64. The highest BCUT2D eigenvalue weighted by Crippen LogP contribution is 2.13. The van der Waals surface area contributed by atoms with Gasteiger partial charge in [0.25, 0.3) is 0 Å². The average Bonchev–Trinajstić information content (AvgIpc) is 2.91. The number of hydrogen-bond acceptors (Lipinski definition) is 5. The average molecular weight is 288 g/mol. The zero-order chi connectivity index (χ0) is 14.8. The molecule has 0 amide bonds. The SMILES string of the molecule is COC(=O)c1cccc2nc(CN3CCN(C)CC3)cn12. The van der Waals surface area contributed by atoms with Crippen molar-refractivity contribution < 1.29 is 9.53 Å². The summed E-state index contributed by atoms with van der Waals surface area (Å²) in [5, 5.41) is 0. The number of pyridine rings is 1. The molecule has 1 fully saturated rings. The number of esters is 1. The molecule has 0 spiro atoms. The molecule has 0 aliphatic carbocycles. The van der Waals surface area contributed by atoms with Crippen LogP contribution in [0.15, 0.2) is 24.4 Å². The van der Waals surface area contributed by atoms with Crippen molar-refractivity contribution >= 4 is 11.6 Å². The molecule has 21 heavy (non-hydrogen) atoms. The zero-order valence-corrected chi connectivity index (χ0v) is 12.5. The molecule has 0 N–H and O–H groups in total. The Labute approximate surface area is 123 Å². The Hall–Kier alpha value is -1.92. The van der Waals surface area contributed by atoms with Gasteiger partial charge in [0.15, 0.2) is 0 Å². The van der Waals surface area contributed by atoms with Crippen LogP contribution in [0, 0.1) is 0 Å². The number of hydrogen-bond donors (Lipinski definition) is 0. The van der Waals surface area contributed by atoms with Crippen LogP contribution < -0.4 is 0 Å². The lowest BCUT2D eigenvalue weighted by Gasteiger charge is -2.31. The molecule has 0 atom stereocenters. The molecule has 3 heterocycles. The number of carbonyl (C=O) groups excluding carboxylic acids is 1. The lowest BCUT2D eigenvalue weighted by atomic mass is 10.3. The largest absolute Gasteiger partial charge is 0.464 e.